The van der Waals surface area contributed by atoms with Gasteiger partial charge in [-0.15, -0.1) is 0 Å². The molecule has 1 fully saturated rings. The number of amides is 2. The van der Waals surface area contributed by atoms with Crippen molar-refractivity contribution in [2.24, 2.45) is 5.92 Å². The van der Waals surface area contributed by atoms with Gasteiger partial charge in [-0.05, 0) is 29.2 Å². The molecule has 0 aromatic heterocycles. The Labute approximate surface area is 186 Å². The standard InChI is InChI=1S/C24H26N2O6/c1-14(22(27)26-11-19(23(28)29)21(12-26)31-2)25-24(30)32-13-20-17-9-5-3-7-15(17)16-8-4-6-10-18(16)20/h3-10,14,19-21H,11-13H2,1-2H3,(H,25,30)(H,28,29). The fourth-order valence-electron chi connectivity index (χ4n) is 4.58. The van der Waals surface area contributed by atoms with E-state index in [0.29, 0.717) is 0 Å². The Kier molecular flexibility index (Phi) is 6.14. The summed E-state index contributed by atoms with van der Waals surface area (Å²) in [7, 11) is 1.42. The number of ether oxygens (including phenoxy) is 2. The maximum atomic E-state index is 12.7. The number of nitrogens with one attached hydrogen (secondary N) is 1. The van der Waals surface area contributed by atoms with E-state index in [1.54, 1.807) is 6.92 Å². The van der Waals surface area contributed by atoms with Gasteiger partial charge in [-0.3, -0.25) is 9.59 Å². The Balaban J connectivity index is 1.36. The van der Waals surface area contributed by atoms with Gasteiger partial charge in [0.2, 0.25) is 5.91 Å². The van der Waals surface area contributed by atoms with Crippen molar-refractivity contribution in [1.82, 2.24) is 10.2 Å². The predicted octanol–water partition coefficient (Wildman–Crippen LogP) is 2.47. The van der Waals surface area contributed by atoms with Crippen molar-refractivity contribution < 1.29 is 29.0 Å². The SMILES string of the molecule is COC1CN(C(=O)C(C)NC(=O)OCC2c3ccccc3-c3ccccc32)CC1C(=O)O. The minimum Gasteiger partial charge on any atom is -0.481 e. The van der Waals surface area contributed by atoms with Crippen molar-refractivity contribution in [3.05, 3.63) is 59.7 Å². The molecule has 2 aliphatic rings. The lowest BCUT2D eigenvalue weighted by molar-refractivity contribution is -0.144. The van der Waals surface area contributed by atoms with E-state index in [2.05, 4.69) is 17.4 Å². The van der Waals surface area contributed by atoms with Gasteiger partial charge in [0.15, 0.2) is 0 Å². The van der Waals surface area contributed by atoms with Gasteiger partial charge in [0.1, 0.15) is 18.6 Å². The molecule has 32 heavy (non-hydrogen) atoms. The van der Waals surface area contributed by atoms with Crippen LogP contribution in [0.5, 0.6) is 0 Å². The molecule has 168 valence electrons. The average molecular weight is 438 g/mol. The number of methoxy groups -OCH3 is 1. The van der Waals surface area contributed by atoms with Crippen LogP contribution in [0.15, 0.2) is 48.5 Å². The molecule has 8 heteroatoms. The molecule has 0 spiro atoms. The third kappa shape index (κ3) is 4.05. The Morgan fingerprint density at radius 1 is 1.06 bits per heavy atom. The first-order chi connectivity index (χ1) is 15.4. The number of nitrogens with zero attached hydrogens (tertiary/aromatic N) is 1. The summed E-state index contributed by atoms with van der Waals surface area (Å²) in [5.74, 6) is -2.24. The molecule has 3 unspecified atom stereocenters. The van der Waals surface area contributed by atoms with E-state index < -0.39 is 30.1 Å². The van der Waals surface area contributed by atoms with Crippen LogP contribution in [-0.4, -0.2) is 66.9 Å². The van der Waals surface area contributed by atoms with Gasteiger partial charge in [0.05, 0.1) is 6.10 Å². The van der Waals surface area contributed by atoms with Gasteiger partial charge >= 0.3 is 12.1 Å². The zero-order valence-corrected chi connectivity index (χ0v) is 18.0. The highest BCUT2D eigenvalue weighted by Gasteiger charge is 2.41. The molecule has 2 amide bonds. The second-order valence-corrected chi connectivity index (χ2v) is 8.15. The highest BCUT2D eigenvalue weighted by molar-refractivity contribution is 5.86. The number of carboxylic acids is 1. The molecule has 1 saturated heterocycles. The highest BCUT2D eigenvalue weighted by atomic mass is 16.5. The Morgan fingerprint density at radius 3 is 2.19 bits per heavy atom. The summed E-state index contributed by atoms with van der Waals surface area (Å²) in [6, 6.07) is 15.2. The summed E-state index contributed by atoms with van der Waals surface area (Å²) in [5, 5.41) is 11.9. The Hall–Kier alpha value is -3.39. The van der Waals surface area contributed by atoms with Crippen LogP contribution in [0.1, 0.15) is 24.0 Å². The molecule has 1 aliphatic heterocycles. The maximum Gasteiger partial charge on any atom is 0.407 e. The quantitative estimate of drug-likeness (QED) is 0.718. The Bertz CT molecular complexity index is 993. The number of carbonyl (C=O) groups is 3. The minimum atomic E-state index is -1.01. The van der Waals surface area contributed by atoms with E-state index in [-0.39, 0.29) is 31.5 Å². The van der Waals surface area contributed by atoms with E-state index in [0.717, 1.165) is 22.3 Å². The van der Waals surface area contributed by atoms with E-state index in [1.165, 1.54) is 12.0 Å². The third-order valence-electron chi connectivity index (χ3n) is 6.25. The van der Waals surface area contributed by atoms with Crippen LogP contribution in [0.3, 0.4) is 0 Å². The average Bonchev–Trinajstić information content (AvgIpc) is 3.37. The fraction of sp³-hybridized carbons (Fsp3) is 0.375. The molecule has 1 aliphatic carbocycles. The van der Waals surface area contributed by atoms with Crippen molar-refractivity contribution in [3.8, 4) is 11.1 Å². The van der Waals surface area contributed by atoms with Gasteiger partial charge in [0, 0.05) is 26.1 Å². The molecule has 0 saturated carbocycles. The zero-order valence-electron chi connectivity index (χ0n) is 18.0. The molecule has 4 rings (SSSR count). The number of aliphatic carboxylic acids is 1. The number of fused-ring (bicyclic) bond motifs is 3. The number of rotatable bonds is 6. The first-order valence-electron chi connectivity index (χ1n) is 10.6. The number of hydrogen-bond donors (Lipinski definition) is 2. The molecular weight excluding hydrogens is 412 g/mol. The van der Waals surface area contributed by atoms with Crippen LogP contribution in [0.25, 0.3) is 11.1 Å². The van der Waals surface area contributed by atoms with E-state index in [4.69, 9.17) is 9.47 Å². The number of carbonyl (C=O) groups excluding carboxylic acids is 2. The molecule has 0 radical (unpaired) electrons. The summed E-state index contributed by atoms with van der Waals surface area (Å²) >= 11 is 0. The monoisotopic (exact) mass is 438 g/mol. The van der Waals surface area contributed by atoms with Gasteiger partial charge in [-0.1, -0.05) is 48.5 Å². The van der Waals surface area contributed by atoms with Crippen LogP contribution in [0.2, 0.25) is 0 Å². The molecule has 3 atom stereocenters. The van der Waals surface area contributed by atoms with Gasteiger partial charge < -0.3 is 24.8 Å². The second kappa shape index (κ2) is 9.00. The van der Waals surface area contributed by atoms with Crippen LogP contribution < -0.4 is 5.32 Å². The van der Waals surface area contributed by atoms with Gasteiger partial charge in [0.25, 0.3) is 0 Å². The van der Waals surface area contributed by atoms with Crippen LogP contribution in [0, 0.1) is 5.92 Å². The van der Waals surface area contributed by atoms with Gasteiger partial charge in [-0.25, -0.2) is 4.79 Å². The third-order valence-corrected chi connectivity index (χ3v) is 6.25. The van der Waals surface area contributed by atoms with E-state index in [1.807, 2.05) is 36.4 Å². The number of hydrogen-bond acceptors (Lipinski definition) is 5. The summed E-state index contributed by atoms with van der Waals surface area (Å²) < 4.78 is 10.7. The summed E-state index contributed by atoms with van der Waals surface area (Å²) in [4.78, 5) is 37.9. The normalized spacial score (nSPS) is 20.4. The first-order valence-corrected chi connectivity index (χ1v) is 10.6. The Morgan fingerprint density at radius 2 is 1.66 bits per heavy atom. The minimum absolute atomic E-state index is 0.0450. The smallest absolute Gasteiger partial charge is 0.407 e. The van der Waals surface area contributed by atoms with Crippen LogP contribution >= 0.6 is 0 Å². The summed E-state index contributed by atoms with van der Waals surface area (Å²) in [5.41, 5.74) is 4.48. The number of benzene rings is 2. The molecular formula is C24H26N2O6. The van der Waals surface area contributed by atoms with Crippen molar-refractivity contribution in [2.75, 3.05) is 26.8 Å². The summed E-state index contributed by atoms with van der Waals surface area (Å²) in [6.07, 6.45) is -1.26. The molecule has 0 bridgehead atoms. The first kappa shape index (κ1) is 21.8. The topological polar surface area (TPSA) is 105 Å². The van der Waals surface area contributed by atoms with E-state index >= 15 is 0 Å². The lowest BCUT2D eigenvalue weighted by Crippen LogP contribution is -2.46. The largest absolute Gasteiger partial charge is 0.481 e. The van der Waals surface area contributed by atoms with Crippen LogP contribution in [0.4, 0.5) is 4.79 Å². The van der Waals surface area contributed by atoms with Crippen molar-refractivity contribution in [2.45, 2.75) is 25.0 Å². The molecule has 2 N–H and O–H groups in total. The van der Waals surface area contributed by atoms with Crippen LogP contribution in [-0.2, 0) is 19.1 Å². The lowest BCUT2D eigenvalue weighted by Gasteiger charge is -2.22. The molecule has 2 aromatic rings. The molecule has 8 nitrogen and oxygen atoms in total. The van der Waals surface area contributed by atoms with E-state index in [9.17, 15) is 19.5 Å². The zero-order chi connectivity index (χ0) is 22.8. The predicted molar refractivity (Wildman–Crippen MR) is 116 cm³/mol. The number of likely N-dealkylation sites (tertiary alicyclic amines) is 1. The van der Waals surface area contributed by atoms with Crippen molar-refractivity contribution in [3.63, 3.8) is 0 Å². The van der Waals surface area contributed by atoms with Gasteiger partial charge in [-0.2, -0.15) is 0 Å². The lowest BCUT2D eigenvalue weighted by atomic mass is 9.98. The van der Waals surface area contributed by atoms with Crippen molar-refractivity contribution in [1.29, 1.82) is 0 Å². The number of carboxylic acid groups (broad SMARTS) is 1. The van der Waals surface area contributed by atoms with Crippen molar-refractivity contribution >= 4 is 18.0 Å². The molecule has 2 aromatic carbocycles. The summed E-state index contributed by atoms with van der Waals surface area (Å²) in [6.45, 7) is 1.92. The maximum absolute atomic E-state index is 12.7. The highest BCUT2D eigenvalue weighted by Crippen LogP contribution is 2.44. The second-order valence-electron chi connectivity index (χ2n) is 8.15. The molecule has 1 heterocycles. The fourth-order valence-corrected chi connectivity index (χ4v) is 4.58. The number of alkyl carbamates (subject to hydrolysis) is 1.